The lowest BCUT2D eigenvalue weighted by Gasteiger charge is -2.08. The molecule has 1 atom stereocenters. The van der Waals surface area contributed by atoms with Gasteiger partial charge in [-0.25, -0.2) is 4.98 Å². The number of thiazole rings is 1. The Balaban J connectivity index is 2.85. The lowest BCUT2D eigenvalue weighted by Crippen LogP contribution is -2.12. The molecule has 1 rings (SSSR count). The minimum absolute atomic E-state index is 0.103. The summed E-state index contributed by atoms with van der Waals surface area (Å²) in [6.45, 7) is 6.59. The summed E-state index contributed by atoms with van der Waals surface area (Å²) >= 11 is 1.72. The van der Waals surface area contributed by atoms with Crippen LogP contribution in [0.15, 0.2) is 0 Å². The van der Waals surface area contributed by atoms with E-state index in [1.54, 1.807) is 25.6 Å². The van der Waals surface area contributed by atoms with Crippen molar-refractivity contribution in [3.8, 4) is 0 Å². The van der Waals surface area contributed by atoms with Gasteiger partial charge < -0.3 is 14.8 Å². The van der Waals surface area contributed by atoms with Gasteiger partial charge in [0.15, 0.2) is 0 Å². The number of aromatic nitrogens is 1. The average molecular weight is 258 g/mol. The average Bonchev–Trinajstić information content (AvgIpc) is 2.72. The molecule has 1 heterocycles. The molecule has 98 valence electrons. The van der Waals surface area contributed by atoms with Crippen molar-refractivity contribution in [2.45, 2.75) is 39.5 Å². The molecule has 0 amide bonds. The maximum Gasteiger partial charge on any atom is 0.122 e. The molecule has 0 aliphatic heterocycles. The van der Waals surface area contributed by atoms with Crippen molar-refractivity contribution in [2.75, 3.05) is 20.8 Å². The number of methoxy groups -OCH3 is 2. The number of nitrogens with zero attached hydrogens (tertiary/aromatic N) is 1. The summed E-state index contributed by atoms with van der Waals surface area (Å²) in [6.07, 6.45) is 1.04. The number of rotatable bonds is 8. The van der Waals surface area contributed by atoms with Crippen LogP contribution in [0.3, 0.4) is 0 Å². The number of hydrogen-bond acceptors (Lipinski definition) is 5. The first-order valence-electron chi connectivity index (χ1n) is 5.97. The molecular formula is C12H22N2O2S. The van der Waals surface area contributed by atoms with E-state index in [-0.39, 0.29) is 6.10 Å². The second-order valence-corrected chi connectivity index (χ2v) is 4.88. The smallest absolute Gasteiger partial charge is 0.122 e. The van der Waals surface area contributed by atoms with Gasteiger partial charge in [0.25, 0.3) is 0 Å². The Morgan fingerprint density at radius 3 is 2.65 bits per heavy atom. The predicted molar refractivity (Wildman–Crippen MR) is 70.2 cm³/mol. The van der Waals surface area contributed by atoms with Gasteiger partial charge in [0.05, 0.1) is 12.3 Å². The summed E-state index contributed by atoms with van der Waals surface area (Å²) in [7, 11) is 3.43. The van der Waals surface area contributed by atoms with Gasteiger partial charge in [0, 0.05) is 25.6 Å². The number of nitrogens with one attached hydrogen (secondary N) is 1. The Kier molecular flexibility index (Phi) is 6.65. The molecule has 0 saturated carbocycles. The standard InChI is InChI=1S/C12H22N2O2S/c1-5-10(16-4)12-14-9(8-15-3)11(17-12)7-13-6-2/h10,13H,5-8H2,1-4H3. The quantitative estimate of drug-likeness (QED) is 0.778. The van der Waals surface area contributed by atoms with Crippen molar-refractivity contribution < 1.29 is 9.47 Å². The largest absolute Gasteiger partial charge is 0.378 e. The van der Waals surface area contributed by atoms with E-state index < -0.39 is 0 Å². The molecule has 0 fully saturated rings. The van der Waals surface area contributed by atoms with Crippen LogP contribution in [0.25, 0.3) is 0 Å². The molecular weight excluding hydrogens is 236 g/mol. The summed E-state index contributed by atoms with van der Waals surface area (Å²) in [5, 5.41) is 4.38. The molecule has 17 heavy (non-hydrogen) atoms. The Bertz CT molecular complexity index is 324. The lowest BCUT2D eigenvalue weighted by atomic mass is 10.3. The Hall–Kier alpha value is -0.490. The Morgan fingerprint density at radius 2 is 2.12 bits per heavy atom. The third kappa shape index (κ3) is 4.03. The van der Waals surface area contributed by atoms with E-state index >= 15 is 0 Å². The van der Waals surface area contributed by atoms with Crippen LogP contribution >= 0.6 is 11.3 Å². The molecule has 0 bridgehead atoms. The first kappa shape index (κ1) is 14.6. The molecule has 0 spiro atoms. The monoisotopic (exact) mass is 258 g/mol. The highest BCUT2D eigenvalue weighted by molar-refractivity contribution is 7.11. The zero-order valence-corrected chi connectivity index (χ0v) is 11.9. The van der Waals surface area contributed by atoms with Crippen LogP contribution in [-0.4, -0.2) is 25.7 Å². The summed E-state index contributed by atoms with van der Waals surface area (Å²) in [6, 6.07) is 0. The van der Waals surface area contributed by atoms with Crippen LogP contribution in [0.5, 0.6) is 0 Å². The Morgan fingerprint density at radius 1 is 1.35 bits per heavy atom. The fourth-order valence-electron chi connectivity index (χ4n) is 1.61. The topological polar surface area (TPSA) is 43.4 Å². The van der Waals surface area contributed by atoms with Crippen molar-refractivity contribution in [3.63, 3.8) is 0 Å². The molecule has 4 nitrogen and oxygen atoms in total. The molecule has 1 unspecified atom stereocenters. The van der Waals surface area contributed by atoms with Gasteiger partial charge in [-0.2, -0.15) is 0 Å². The summed E-state index contributed by atoms with van der Waals surface area (Å²) < 4.78 is 10.6. The molecule has 1 aromatic rings. The van der Waals surface area contributed by atoms with Gasteiger partial charge in [-0.15, -0.1) is 11.3 Å². The van der Waals surface area contributed by atoms with Gasteiger partial charge in [0.1, 0.15) is 11.1 Å². The fraction of sp³-hybridized carbons (Fsp3) is 0.750. The minimum Gasteiger partial charge on any atom is -0.378 e. The second kappa shape index (κ2) is 7.76. The van der Waals surface area contributed by atoms with E-state index in [9.17, 15) is 0 Å². The van der Waals surface area contributed by atoms with Crippen LogP contribution < -0.4 is 5.32 Å². The number of ether oxygens (including phenoxy) is 2. The molecule has 0 aromatic carbocycles. The van der Waals surface area contributed by atoms with E-state index in [1.807, 2.05) is 0 Å². The van der Waals surface area contributed by atoms with E-state index in [0.29, 0.717) is 6.61 Å². The van der Waals surface area contributed by atoms with Crippen molar-refractivity contribution in [2.24, 2.45) is 0 Å². The summed E-state index contributed by atoms with van der Waals surface area (Å²) in [4.78, 5) is 5.87. The summed E-state index contributed by atoms with van der Waals surface area (Å²) in [5.74, 6) is 0. The van der Waals surface area contributed by atoms with E-state index in [2.05, 4.69) is 24.1 Å². The first-order chi connectivity index (χ1) is 8.26. The van der Waals surface area contributed by atoms with Crippen molar-refractivity contribution in [1.29, 1.82) is 0 Å². The van der Waals surface area contributed by atoms with Gasteiger partial charge in [-0.3, -0.25) is 0 Å². The van der Waals surface area contributed by atoms with E-state index in [0.717, 1.165) is 30.2 Å². The normalized spacial score (nSPS) is 12.9. The first-order valence-corrected chi connectivity index (χ1v) is 6.79. The summed E-state index contributed by atoms with van der Waals surface area (Å²) in [5.41, 5.74) is 1.03. The van der Waals surface area contributed by atoms with Crippen LogP contribution in [0.1, 0.15) is 42.0 Å². The lowest BCUT2D eigenvalue weighted by molar-refractivity contribution is 0.0992. The third-order valence-corrected chi connectivity index (χ3v) is 3.73. The second-order valence-electron chi connectivity index (χ2n) is 3.77. The van der Waals surface area contributed by atoms with Crippen molar-refractivity contribution in [1.82, 2.24) is 10.3 Å². The van der Waals surface area contributed by atoms with E-state index in [1.165, 1.54) is 4.88 Å². The molecule has 0 saturated heterocycles. The van der Waals surface area contributed by atoms with Crippen LogP contribution in [0.4, 0.5) is 0 Å². The van der Waals surface area contributed by atoms with Gasteiger partial charge >= 0.3 is 0 Å². The highest BCUT2D eigenvalue weighted by atomic mass is 32.1. The van der Waals surface area contributed by atoms with E-state index in [4.69, 9.17) is 9.47 Å². The van der Waals surface area contributed by atoms with Gasteiger partial charge in [-0.05, 0) is 13.0 Å². The third-order valence-electron chi connectivity index (χ3n) is 2.54. The highest BCUT2D eigenvalue weighted by Gasteiger charge is 2.17. The zero-order valence-electron chi connectivity index (χ0n) is 11.1. The van der Waals surface area contributed by atoms with Crippen molar-refractivity contribution in [3.05, 3.63) is 15.6 Å². The molecule has 0 aliphatic carbocycles. The van der Waals surface area contributed by atoms with Gasteiger partial charge in [0.2, 0.25) is 0 Å². The SMILES string of the molecule is CCNCc1sc(C(CC)OC)nc1COC. The van der Waals surface area contributed by atoms with Crippen LogP contribution in [-0.2, 0) is 22.6 Å². The fourth-order valence-corrected chi connectivity index (χ4v) is 2.81. The van der Waals surface area contributed by atoms with Gasteiger partial charge in [-0.1, -0.05) is 13.8 Å². The zero-order chi connectivity index (χ0) is 12.7. The highest BCUT2D eigenvalue weighted by Crippen LogP contribution is 2.28. The molecule has 5 heteroatoms. The molecule has 1 aromatic heterocycles. The predicted octanol–water partition coefficient (Wildman–Crippen LogP) is 2.50. The van der Waals surface area contributed by atoms with Crippen LogP contribution in [0.2, 0.25) is 0 Å². The molecule has 1 N–H and O–H groups in total. The Labute approximate surface area is 107 Å². The maximum absolute atomic E-state index is 5.42. The molecule has 0 radical (unpaired) electrons. The minimum atomic E-state index is 0.103. The van der Waals surface area contributed by atoms with Crippen molar-refractivity contribution >= 4 is 11.3 Å². The maximum atomic E-state index is 5.42. The number of hydrogen-bond donors (Lipinski definition) is 1. The van der Waals surface area contributed by atoms with Crippen LogP contribution in [0, 0.1) is 0 Å². The molecule has 0 aliphatic rings.